The molecule has 2 amide bonds. The quantitative estimate of drug-likeness (QED) is 0.593. The highest BCUT2D eigenvalue weighted by molar-refractivity contribution is 7.09. The van der Waals surface area contributed by atoms with Crippen molar-refractivity contribution in [3.05, 3.63) is 40.6 Å². The summed E-state index contributed by atoms with van der Waals surface area (Å²) in [6.07, 6.45) is 3.14. The Kier molecular flexibility index (Phi) is 7.26. The zero-order valence-electron chi connectivity index (χ0n) is 17.8. The minimum absolute atomic E-state index is 0.0404. The van der Waals surface area contributed by atoms with E-state index in [9.17, 15) is 14.4 Å². The molecule has 1 aromatic heterocycles. The molecule has 1 fully saturated rings. The van der Waals surface area contributed by atoms with Crippen LogP contribution >= 0.6 is 11.3 Å². The maximum absolute atomic E-state index is 13.1. The Morgan fingerprint density at radius 1 is 1.09 bits per heavy atom. The first-order valence-corrected chi connectivity index (χ1v) is 11.6. The summed E-state index contributed by atoms with van der Waals surface area (Å²) in [5.41, 5.74) is 0.631. The molecule has 4 rings (SSSR count). The van der Waals surface area contributed by atoms with E-state index >= 15 is 0 Å². The molecule has 0 radical (unpaired) electrons. The summed E-state index contributed by atoms with van der Waals surface area (Å²) in [6.45, 7) is 1.30. The molecular formula is C23H26N2O6S. The lowest BCUT2D eigenvalue weighted by atomic mass is 10.2. The van der Waals surface area contributed by atoms with Gasteiger partial charge in [-0.05, 0) is 36.4 Å². The number of carbonyl (C=O) groups is 3. The maximum atomic E-state index is 13.1. The van der Waals surface area contributed by atoms with Gasteiger partial charge in [-0.3, -0.25) is 14.4 Å². The highest BCUT2D eigenvalue weighted by Gasteiger charge is 2.24. The van der Waals surface area contributed by atoms with Gasteiger partial charge in [0.1, 0.15) is 19.8 Å². The molecule has 0 spiro atoms. The normalized spacial score (nSPS) is 15.8. The van der Waals surface area contributed by atoms with Crippen LogP contribution < -0.4 is 14.4 Å². The third kappa shape index (κ3) is 5.59. The molecular weight excluding hydrogens is 432 g/mol. The Labute approximate surface area is 190 Å². The van der Waals surface area contributed by atoms with Crippen molar-refractivity contribution < 1.29 is 28.6 Å². The van der Waals surface area contributed by atoms with Crippen LogP contribution in [-0.4, -0.2) is 55.6 Å². The SMILES string of the molecule is O=C(CN1CCCCCC1=O)OCC(=O)N(Cc1cccs1)c1ccc2c(c1)OCCO2. The number of anilines is 1. The molecule has 170 valence electrons. The molecule has 2 aliphatic rings. The van der Waals surface area contributed by atoms with E-state index in [1.54, 1.807) is 34.4 Å². The highest BCUT2D eigenvalue weighted by Crippen LogP contribution is 2.34. The van der Waals surface area contributed by atoms with Gasteiger partial charge in [0, 0.05) is 29.6 Å². The van der Waals surface area contributed by atoms with Crippen molar-refractivity contribution in [1.29, 1.82) is 0 Å². The molecule has 0 unspecified atom stereocenters. The zero-order chi connectivity index (χ0) is 22.3. The number of thiophene rings is 1. The molecule has 1 saturated heterocycles. The van der Waals surface area contributed by atoms with Crippen molar-refractivity contribution in [3.8, 4) is 11.5 Å². The molecule has 3 heterocycles. The van der Waals surface area contributed by atoms with Crippen LogP contribution in [0.2, 0.25) is 0 Å². The molecule has 9 heteroatoms. The summed E-state index contributed by atoms with van der Waals surface area (Å²) < 4.78 is 16.5. The van der Waals surface area contributed by atoms with Crippen LogP contribution in [0.4, 0.5) is 5.69 Å². The average molecular weight is 459 g/mol. The van der Waals surface area contributed by atoms with E-state index in [1.807, 2.05) is 17.5 Å². The van der Waals surface area contributed by atoms with Crippen LogP contribution in [0.1, 0.15) is 30.6 Å². The predicted molar refractivity (Wildman–Crippen MR) is 119 cm³/mol. The van der Waals surface area contributed by atoms with E-state index in [2.05, 4.69) is 0 Å². The smallest absolute Gasteiger partial charge is 0.326 e. The van der Waals surface area contributed by atoms with Crippen LogP contribution in [-0.2, 0) is 25.7 Å². The Hall–Kier alpha value is -3.07. The van der Waals surface area contributed by atoms with Crippen molar-refractivity contribution in [2.45, 2.75) is 32.2 Å². The predicted octanol–water partition coefficient (Wildman–Crippen LogP) is 3.00. The second-order valence-electron chi connectivity index (χ2n) is 7.67. The van der Waals surface area contributed by atoms with Gasteiger partial charge in [0.2, 0.25) is 5.91 Å². The number of esters is 1. The molecule has 1 aromatic carbocycles. The number of benzene rings is 1. The van der Waals surface area contributed by atoms with Gasteiger partial charge < -0.3 is 24.0 Å². The van der Waals surface area contributed by atoms with Crippen molar-refractivity contribution >= 4 is 34.8 Å². The van der Waals surface area contributed by atoms with Gasteiger partial charge in [-0.2, -0.15) is 0 Å². The molecule has 0 aliphatic carbocycles. The Morgan fingerprint density at radius 2 is 1.94 bits per heavy atom. The van der Waals surface area contributed by atoms with Gasteiger partial charge in [-0.1, -0.05) is 12.5 Å². The highest BCUT2D eigenvalue weighted by atomic mass is 32.1. The number of hydrogen-bond donors (Lipinski definition) is 0. The zero-order valence-corrected chi connectivity index (χ0v) is 18.6. The van der Waals surface area contributed by atoms with Crippen LogP contribution in [0, 0.1) is 0 Å². The maximum Gasteiger partial charge on any atom is 0.326 e. The van der Waals surface area contributed by atoms with Crippen LogP contribution in [0.15, 0.2) is 35.7 Å². The Morgan fingerprint density at radius 3 is 2.75 bits per heavy atom. The van der Waals surface area contributed by atoms with Crippen molar-refractivity contribution in [1.82, 2.24) is 4.90 Å². The third-order valence-corrected chi connectivity index (χ3v) is 6.24. The molecule has 0 saturated carbocycles. The molecule has 2 aromatic rings. The van der Waals surface area contributed by atoms with E-state index in [-0.39, 0.29) is 18.4 Å². The molecule has 0 bridgehead atoms. The van der Waals surface area contributed by atoms with E-state index < -0.39 is 12.6 Å². The average Bonchev–Trinajstić information content (AvgIpc) is 3.25. The minimum Gasteiger partial charge on any atom is -0.486 e. The van der Waals surface area contributed by atoms with Crippen molar-refractivity contribution in [2.75, 3.05) is 37.8 Å². The Bertz CT molecular complexity index is 961. The molecule has 32 heavy (non-hydrogen) atoms. The summed E-state index contributed by atoms with van der Waals surface area (Å²) >= 11 is 1.54. The third-order valence-electron chi connectivity index (χ3n) is 5.38. The van der Waals surface area contributed by atoms with Crippen LogP contribution in [0.5, 0.6) is 11.5 Å². The summed E-state index contributed by atoms with van der Waals surface area (Å²) in [7, 11) is 0. The summed E-state index contributed by atoms with van der Waals surface area (Å²) in [5, 5.41) is 1.94. The van der Waals surface area contributed by atoms with E-state index in [1.165, 1.54) is 4.90 Å². The van der Waals surface area contributed by atoms with Gasteiger partial charge in [-0.15, -0.1) is 11.3 Å². The summed E-state index contributed by atoms with van der Waals surface area (Å²) in [5.74, 6) is 0.241. The molecule has 0 atom stereocenters. The number of nitrogens with zero attached hydrogens (tertiary/aromatic N) is 2. The van der Waals surface area contributed by atoms with Crippen molar-refractivity contribution in [3.63, 3.8) is 0 Å². The minimum atomic E-state index is -0.577. The van der Waals surface area contributed by atoms with E-state index in [0.717, 1.165) is 24.1 Å². The lowest BCUT2D eigenvalue weighted by Crippen LogP contribution is -2.38. The lowest BCUT2D eigenvalue weighted by Gasteiger charge is -2.25. The van der Waals surface area contributed by atoms with Crippen LogP contribution in [0.25, 0.3) is 0 Å². The summed E-state index contributed by atoms with van der Waals surface area (Å²) in [6, 6.07) is 9.19. The van der Waals surface area contributed by atoms with Gasteiger partial charge >= 0.3 is 5.97 Å². The number of likely N-dealkylation sites (tertiary alicyclic amines) is 1. The van der Waals surface area contributed by atoms with Gasteiger partial charge in [0.05, 0.1) is 6.54 Å². The second kappa shape index (κ2) is 10.5. The molecule has 0 N–H and O–H groups in total. The lowest BCUT2D eigenvalue weighted by molar-refractivity contribution is -0.151. The standard InChI is InChI=1S/C23H26N2O6S/c26-21-6-2-1-3-9-24(21)15-23(28)31-16-22(27)25(14-18-5-4-12-32-18)17-7-8-19-20(13-17)30-11-10-29-19/h4-5,7-8,12-13H,1-3,6,9-11,14-16H2. The molecule has 8 nitrogen and oxygen atoms in total. The molecule has 2 aliphatic heterocycles. The monoisotopic (exact) mass is 458 g/mol. The number of amides is 2. The number of carbonyl (C=O) groups excluding carboxylic acids is 3. The number of rotatable bonds is 7. The summed E-state index contributed by atoms with van der Waals surface area (Å²) in [4.78, 5) is 41.5. The Balaban J connectivity index is 1.42. The number of ether oxygens (including phenoxy) is 3. The van der Waals surface area contributed by atoms with Crippen molar-refractivity contribution in [2.24, 2.45) is 0 Å². The first-order chi connectivity index (χ1) is 15.6. The van der Waals surface area contributed by atoms with Gasteiger partial charge in [0.25, 0.3) is 5.91 Å². The fourth-order valence-corrected chi connectivity index (χ4v) is 4.40. The first kappa shape index (κ1) is 22.1. The first-order valence-electron chi connectivity index (χ1n) is 10.8. The second-order valence-corrected chi connectivity index (χ2v) is 8.71. The van der Waals surface area contributed by atoms with Gasteiger partial charge in [0.15, 0.2) is 18.1 Å². The number of fused-ring (bicyclic) bond motifs is 1. The number of hydrogen-bond acceptors (Lipinski definition) is 7. The fraction of sp³-hybridized carbons (Fsp3) is 0.435. The largest absolute Gasteiger partial charge is 0.486 e. The van der Waals surface area contributed by atoms with E-state index in [4.69, 9.17) is 14.2 Å². The topological polar surface area (TPSA) is 85.4 Å². The van der Waals surface area contributed by atoms with Crippen LogP contribution in [0.3, 0.4) is 0 Å². The van der Waals surface area contributed by atoms with Gasteiger partial charge in [-0.25, -0.2) is 0 Å². The fourth-order valence-electron chi connectivity index (χ4n) is 3.71. The van der Waals surface area contributed by atoms with E-state index in [0.29, 0.717) is 49.9 Å².